The van der Waals surface area contributed by atoms with E-state index in [0.717, 1.165) is 6.42 Å². The van der Waals surface area contributed by atoms with Crippen molar-refractivity contribution in [1.82, 2.24) is 0 Å². The molecule has 76 valence electrons. The van der Waals surface area contributed by atoms with Gasteiger partial charge in [-0.05, 0) is 12.3 Å². The minimum atomic E-state index is -0.912. The summed E-state index contributed by atoms with van der Waals surface area (Å²) in [5, 5.41) is 8.72. The van der Waals surface area contributed by atoms with Crippen molar-refractivity contribution in [2.75, 3.05) is 0 Å². The van der Waals surface area contributed by atoms with Crippen LogP contribution >= 0.6 is 11.6 Å². The van der Waals surface area contributed by atoms with E-state index in [1.165, 1.54) is 0 Å². The molecule has 2 aliphatic carbocycles. The van der Waals surface area contributed by atoms with Crippen LogP contribution < -0.4 is 0 Å². The van der Waals surface area contributed by atoms with Gasteiger partial charge in [0.15, 0.2) is 0 Å². The number of fused-ring (bicyclic) bond motifs is 1. The number of halogens is 1. The van der Waals surface area contributed by atoms with Gasteiger partial charge in [-0.2, -0.15) is 0 Å². The molecule has 4 nitrogen and oxygen atoms in total. The Kier molecular flexibility index (Phi) is 1.48. The van der Waals surface area contributed by atoms with Gasteiger partial charge in [-0.1, -0.05) is 0 Å². The van der Waals surface area contributed by atoms with Gasteiger partial charge in [0, 0.05) is 5.92 Å². The van der Waals surface area contributed by atoms with Crippen LogP contribution in [-0.2, 0) is 14.3 Å². The number of hydrogen-bond donors (Lipinski definition) is 1. The summed E-state index contributed by atoms with van der Waals surface area (Å²) in [4.78, 5) is 22.4. The van der Waals surface area contributed by atoms with Gasteiger partial charge in [0.05, 0.1) is 17.2 Å². The Morgan fingerprint density at radius 3 is 2.86 bits per heavy atom. The molecule has 6 atom stereocenters. The number of esters is 1. The predicted octanol–water partition coefficient (Wildman–Crippen LogP) is 0.486. The topological polar surface area (TPSA) is 63.6 Å². The third-order valence-electron chi connectivity index (χ3n) is 3.81. The van der Waals surface area contributed by atoms with E-state index >= 15 is 0 Å². The van der Waals surface area contributed by atoms with Gasteiger partial charge in [-0.15, -0.1) is 11.6 Å². The van der Waals surface area contributed by atoms with E-state index in [4.69, 9.17) is 21.4 Å². The number of carbonyl (C=O) groups excluding carboxylic acids is 1. The summed E-state index contributed by atoms with van der Waals surface area (Å²) >= 11 is 6.07. The Labute approximate surface area is 85.2 Å². The van der Waals surface area contributed by atoms with Crippen molar-refractivity contribution >= 4 is 23.5 Å². The zero-order valence-electron chi connectivity index (χ0n) is 7.22. The molecule has 1 N–H and O–H groups in total. The quantitative estimate of drug-likeness (QED) is 0.512. The lowest BCUT2D eigenvalue weighted by atomic mass is 9.80. The number of ether oxygens (including phenoxy) is 1. The molecule has 1 aliphatic heterocycles. The van der Waals surface area contributed by atoms with Crippen molar-refractivity contribution in [3.8, 4) is 0 Å². The van der Waals surface area contributed by atoms with Crippen molar-refractivity contribution in [3.05, 3.63) is 0 Å². The molecule has 0 aromatic carbocycles. The van der Waals surface area contributed by atoms with E-state index in [0.29, 0.717) is 0 Å². The third kappa shape index (κ3) is 0.764. The Morgan fingerprint density at radius 1 is 1.50 bits per heavy atom. The van der Waals surface area contributed by atoms with Gasteiger partial charge < -0.3 is 9.84 Å². The molecular weight excluding hydrogens is 208 g/mol. The molecule has 14 heavy (non-hydrogen) atoms. The SMILES string of the molecule is O=C1O[C@H]2[C@@H](Cl)[C@@H]3C[C@H]2[C@@H]1[C@@H]3C(=O)O. The van der Waals surface area contributed by atoms with Crippen LogP contribution in [0.15, 0.2) is 0 Å². The van der Waals surface area contributed by atoms with Crippen LogP contribution in [0.3, 0.4) is 0 Å². The van der Waals surface area contributed by atoms with Crippen molar-refractivity contribution in [2.24, 2.45) is 23.7 Å². The number of aliphatic carboxylic acids is 1. The number of carbonyl (C=O) groups is 2. The number of carboxylic acid groups (broad SMARTS) is 1. The van der Waals surface area contributed by atoms with Gasteiger partial charge in [-0.25, -0.2) is 0 Å². The fourth-order valence-electron chi connectivity index (χ4n) is 3.31. The predicted molar refractivity (Wildman–Crippen MR) is 45.7 cm³/mol. The highest BCUT2D eigenvalue weighted by Crippen LogP contribution is 2.59. The van der Waals surface area contributed by atoms with Crippen molar-refractivity contribution in [2.45, 2.75) is 17.9 Å². The van der Waals surface area contributed by atoms with Gasteiger partial charge in [-0.3, -0.25) is 9.59 Å². The van der Waals surface area contributed by atoms with Crippen LogP contribution in [0.2, 0.25) is 0 Å². The largest absolute Gasteiger partial charge is 0.481 e. The van der Waals surface area contributed by atoms with E-state index in [-0.39, 0.29) is 29.3 Å². The lowest BCUT2D eigenvalue weighted by molar-refractivity contribution is -0.151. The standard InChI is InChI=1S/C9H9ClO4/c10-6-2-1-3-5(4(2)8(11)12)9(13)14-7(3)6/h2-7H,1H2,(H,11,12)/t2-,3+,4-,5-,6+,7-/m1/s1. The summed E-state index contributed by atoms with van der Waals surface area (Å²) in [5.41, 5.74) is 0. The number of carboxylic acids is 1. The average molecular weight is 217 g/mol. The molecule has 0 aromatic heterocycles. The lowest BCUT2D eigenvalue weighted by Crippen LogP contribution is -2.38. The number of hydrogen-bond acceptors (Lipinski definition) is 3. The van der Waals surface area contributed by atoms with E-state index in [9.17, 15) is 9.59 Å². The van der Waals surface area contributed by atoms with Gasteiger partial charge >= 0.3 is 11.9 Å². The highest BCUT2D eigenvalue weighted by atomic mass is 35.5. The second-order valence-corrected chi connectivity index (χ2v) is 4.80. The van der Waals surface area contributed by atoms with E-state index in [1.54, 1.807) is 0 Å². The van der Waals surface area contributed by atoms with Crippen LogP contribution in [0.4, 0.5) is 0 Å². The lowest BCUT2D eigenvalue weighted by Gasteiger charge is -2.24. The van der Waals surface area contributed by atoms with Crippen LogP contribution in [0, 0.1) is 23.7 Å². The minimum absolute atomic E-state index is 0.0519. The van der Waals surface area contributed by atoms with Gasteiger partial charge in [0.1, 0.15) is 6.10 Å². The van der Waals surface area contributed by atoms with E-state index in [1.807, 2.05) is 0 Å². The average Bonchev–Trinajstić information content (AvgIpc) is 2.67. The highest BCUT2D eigenvalue weighted by molar-refractivity contribution is 6.22. The molecule has 3 fully saturated rings. The normalized spacial score (nSPS) is 53.6. The van der Waals surface area contributed by atoms with Crippen LogP contribution in [0.5, 0.6) is 0 Å². The van der Waals surface area contributed by atoms with Crippen molar-refractivity contribution in [3.63, 3.8) is 0 Å². The summed E-state index contributed by atoms with van der Waals surface area (Å²) < 4.78 is 5.10. The molecule has 0 aromatic rings. The summed E-state index contributed by atoms with van der Waals surface area (Å²) in [6.07, 6.45) is 0.501. The second kappa shape index (κ2) is 2.42. The van der Waals surface area contributed by atoms with Crippen molar-refractivity contribution in [1.29, 1.82) is 0 Å². The maximum absolute atomic E-state index is 11.4. The number of rotatable bonds is 1. The van der Waals surface area contributed by atoms with Crippen LogP contribution in [0.1, 0.15) is 6.42 Å². The molecule has 0 amide bonds. The summed E-state index contributed by atoms with van der Waals surface area (Å²) in [6.45, 7) is 0. The fourth-order valence-corrected chi connectivity index (χ4v) is 3.81. The Morgan fingerprint density at radius 2 is 2.21 bits per heavy atom. The van der Waals surface area contributed by atoms with Crippen LogP contribution in [0.25, 0.3) is 0 Å². The smallest absolute Gasteiger partial charge is 0.310 e. The molecule has 5 heteroatoms. The third-order valence-corrected chi connectivity index (χ3v) is 4.38. The molecule has 1 heterocycles. The first-order valence-corrected chi connectivity index (χ1v) is 5.12. The van der Waals surface area contributed by atoms with Gasteiger partial charge in [0.25, 0.3) is 0 Å². The monoisotopic (exact) mass is 216 g/mol. The van der Waals surface area contributed by atoms with E-state index in [2.05, 4.69) is 0 Å². The first-order chi connectivity index (χ1) is 6.61. The zero-order chi connectivity index (χ0) is 10.0. The molecule has 2 saturated carbocycles. The van der Waals surface area contributed by atoms with Crippen LogP contribution in [-0.4, -0.2) is 28.5 Å². The number of alkyl halides is 1. The summed E-state index contributed by atoms with van der Waals surface area (Å²) in [5.74, 6) is -2.36. The molecule has 3 aliphatic rings. The minimum Gasteiger partial charge on any atom is -0.481 e. The van der Waals surface area contributed by atoms with Crippen molar-refractivity contribution < 1.29 is 19.4 Å². The first-order valence-electron chi connectivity index (χ1n) is 4.68. The Bertz CT molecular complexity index is 329. The Balaban J connectivity index is 2.04. The molecule has 0 radical (unpaired) electrons. The summed E-state index contributed by atoms with van der Waals surface area (Å²) in [7, 11) is 0. The molecule has 3 rings (SSSR count). The molecular formula is C9H9ClO4. The van der Waals surface area contributed by atoms with Gasteiger partial charge in [0.2, 0.25) is 0 Å². The molecule has 0 unspecified atom stereocenters. The highest BCUT2D eigenvalue weighted by Gasteiger charge is 2.68. The maximum atomic E-state index is 11.4. The second-order valence-electron chi connectivity index (χ2n) is 4.30. The summed E-state index contributed by atoms with van der Waals surface area (Å²) in [6, 6.07) is 0. The fraction of sp³-hybridized carbons (Fsp3) is 0.778. The first kappa shape index (κ1) is 8.53. The maximum Gasteiger partial charge on any atom is 0.310 e. The van der Waals surface area contributed by atoms with E-state index < -0.39 is 17.8 Å². The molecule has 0 spiro atoms. The zero-order valence-corrected chi connectivity index (χ0v) is 7.98. The molecule has 2 bridgehead atoms. The Hall–Kier alpha value is -0.770. The molecule has 1 saturated heterocycles.